The van der Waals surface area contributed by atoms with Crippen LogP contribution in [0, 0.1) is 13.8 Å². The molecule has 1 amide bonds. The van der Waals surface area contributed by atoms with E-state index in [1.165, 1.54) is 0 Å². The van der Waals surface area contributed by atoms with Gasteiger partial charge in [-0.2, -0.15) is 10.2 Å². The SMILES string of the molecule is CCN(CC)CCn1cc(NC(=O)c2c(C)nn(C)c2C)cn1. The number of likely N-dealkylation sites (N-methyl/N-ethyl adjacent to an activating group) is 1. The maximum Gasteiger partial charge on any atom is 0.259 e. The minimum atomic E-state index is -0.142. The van der Waals surface area contributed by atoms with Crippen LogP contribution in [0.5, 0.6) is 0 Å². The number of rotatable bonds is 7. The van der Waals surface area contributed by atoms with Crippen LogP contribution in [0.2, 0.25) is 0 Å². The number of carbonyl (C=O) groups excluding carboxylic acids is 1. The highest BCUT2D eigenvalue weighted by atomic mass is 16.1. The van der Waals surface area contributed by atoms with Gasteiger partial charge in [0.2, 0.25) is 0 Å². The van der Waals surface area contributed by atoms with Gasteiger partial charge < -0.3 is 10.2 Å². The summed E-state index contributed by atoms with van der Waals surface area (Å²) in [7, 11) is 1.84. The highest BCUT2D eigenvalue weighted by Crippen LogP contribution is 2.15. The van der Waals surface area contributed by atoms with Crippen molar-refractivity contribution in [3.8, 4) is 0 Å². The standard InChI is InChI=1S/C16H26N6O/c1-6-21(7-2)8-9-22-11-14(10-17-22)18-16(23)15-12(3)19-20(5)13(15)4/h10-11H,6-9H2,1-5H3,(H,18,23). The van der Waals surface area contributed by atoms with Gasteiger partial charge in [-0.3, -0.25) is 14.2 Å². The van der Waals surface area contributed by atoms with E-state index in [1.54, 1.807) is 10.9 Å². The average molecular weight is 318 g/mol. The molecule has 2 rings (SSSR count). The zero-order chi connectivity index (χ0) is 17.0. The summed E-state index contributed by atoms with van der Waals surface area (Å²) in [6.45, 7) is 11.8. The van der Waals surface area contributed by atoms with Gasteiger partial charge in [0, 0.05) is 25.5 Å². The Kier molecular flexibility index (Phi) is 5.54. The number of aromatic nitrogens is 4. The van der Waals surface area contributed by atoms with Crippen LogP contribution in [0.15, 0.2) is 12.4 Å². The van der Waals surface area contributed by atoms with Gasteiger partial charge in [0.05, 0.1) is 29.7 Å². The molecule has 0 aliphatic carbocycles. The van der Waals surface area contributed by atoms with Crippen molar-refractivity contribution in [2.45, 2.75) is 34.2 Å². The van der Waals surface area contributed by atoms with Crippen LogP contribution in [0.1, 0.15) is 35.6 Å². The number of aryl methyl sites for hydroxylation is 2. The van der Waals surface area contributed by atoms with E-state index in [2.05, 4.69) is 34.3 Å². The second-order valence-electron chi connectivity index (χ2n) is 5.64. The fraction of sp³-hybridized carbons (Fsp3) is 0.562. The highest BCUT2D eigenvalue weighted by molar-refractivity contribution is 6.05. The van der Waals surface area contributed by atoms with Crippen molar-refractivity contribution in [1.29, 1.82) is 0 Å². The summed E-state index contributed by atoms with van der Waals surface area (Å²) < 4.78 is 3.58. The van der Waals surface area contributed by atoms with Crippen molar-refractivity contribution >= 4 is 11.6 Å². The van der Waals surface area contributed by atoms with Crippen molar-refractivity contribution in [2.75, 3.05) is 25.0 Å². The van der Waals surface area contributed by atoms with Gasteiger partial charge in [-0.15, -0.1) is 0 Å². The van der Waals surface area contributed by atoms with E-state index in [9.17, 15) is 4.79 Å². The second kappa shape index (κ2) is 7.41. The first-order chi connectivity index (χ1) is 11.0. The van der Waals surface area contributed by atoms with Gasteiger partial charge in [-0.1, -0.05) is 13.8 Å². The molecule has 0 saturated heterocycles. The van der Waals surface area contributed by atoms with Gasteiger partial charge in [-0.25, -0.2) is 0 Å². The smallest absolute Gasteiger partial charge is 0.259 e. The molecule has 0 unspecified atom stereocenters. The molecule has 0 atom stereocenters. The van der Waals surface area contributed by atoms with E-state index in [-0.39, 0.29) is 5.91 Å². The number of nitrogens with one attached hydrogen (secondary N) is 1. The van der Waals surface area contributed by atoms with Gasteiger partial charge in [0.1, 0.15) is 0 Å². The molecular formula is C16H26N6O. The molecule has 1 N–H and O–H groups in total. The zero-order valence-electron chi connectivity index (χ0n) is 14.6. The van der Waals surface area contributed by atoms with Crippen molar-refractivity contribution in [2.24, 2.45) is 7.05 Å². The molecular weight excluding hydrogens is 292 g/mol. The van der Waals surface area contributed by atoms with Crippen molar-refractivity contribution in [1.82, 2.24) is 24.5 Å². The fourth-order valence-corrected chi connectivity index (χ4v) is 2.63. The van der Waals surface area contributed by atoms with Gasteiger partial charge >= 0.3 is 0 Å². The van der Waals surface area contributed by atoms with Crippen molar-refractivity contribution in [3.63, 3.8) is 0 Å². The molecule has 0 bridgehead atoms. The minimum absolute atomic E-state index is 0.142. The maximum atomic E-state index is 12.4. The Balaban J connectivity index is 2.00. The van der Waals surface area contributed by atoms with Gasteiger partial charge in [-0.05, 0) is 26.9 Å². The van der Waals surface area contributed by atoms with E-state index in [1.807, 2.05) is 31.8 Å². The number of hydrogen-bond donors (Lipinski definition) is 1. The Morgan fingerprint density at radius 3 is 2.57 bits per heavy atom. The Morgan fingerprint density at radius 1 is 1.30 bits per heavy atom. The molecule has 0 spiro atoms. The molecule has 0 radical (unpaired) electrons. The molecule has 0 aromatic carbocycles. The third-order valence-corrected chi connectivity index (χ3v) is 4.17. The molecule has 23 heavy (non-hydrogen) atoms. The van der Waals surface area contributed by atoms with Gasteiger partial charge in [0.25, 0.3) is 5.91 Å². The summed E-state index contributed by atoms with van der Waals surface area (Å²) in [5, 5.41) is 11.5. The second-order valence-corrected chi connectivity index (χ2v) is 5.64. The van der Waals surface area contributed by atoms with E-state index in [4.69, 9.17) is 0 Å². The number of nitrogens with zero attached hydrogens (tertiary/aromatic N) is 5. The lowest BCUT2D eigenvalue weighted by atomic mass is 10.2. The third-order valence-electron chi connectivity index (χ3n) is 4.17. The number of hydrogen-bond acceptors (Lipinski definition) is 4. The third kappa shape index (κ3) is 3.98. The van der Waals surface area contributed by atoms with Crippen LogP contribution in [0.25, 0.3) is 0 Å². The molecule has 0 aliphatic rings. The molecule has 0 aliphatic heterocycles. The first-order valence-electron chi connectivity index (χ1n) is 8.02. The predicted molar refractivity (Wildman–Crippen MR) is 90.7 cm³/mol. The average Bonchev–Trinajstić information content (AvgIpc) is 3.05. The normalized spacial score (nSPS) is 11.2. The molecule has 2 heterocycles. The summed E-state index contributed by atoms with van der Waals surface area (Å²) in [5.74, 6) is -0.142. The lowest BCUT2D eigenvalue weighted by molar-refractivity contribution is 0.102. The predicted octanol–water partition coefficient (Wildman–Crippen LogP) is 1.83. The molecule has 7 heteroatoms. The molecule has 0 fully saturated rings. The van der Waals surface area contributed by atoms with Crippen LogP contribution < -0.4 is 5.32 Å². The molecule has 126 valence electrons. The number of anilines is 1. The van der Waals surface area contributed by atoms with Crippen LogP contribution in [-0.4, -0.2) is 50.0 Å². The number of amides is 1. The Hall–Kier alpha value is -2.15. The van der Waals surface area contributed by atoms with E-state index >= 15 is 0 Å². The van der Waals surface area contributed by atoms with Crippen LogP contribution in [0.3, 0.4) is 0 Å². The Morgan fingerprint density at radius 2 is 2.00 bits per heavy atom. The molecule has 2 aromatic heterocycles. The molecule has 0 saturated carbocycles. The summed E-state index contributed by atoms with van der Waals surface area (Å²) in [6.07, 6.45) is 3.55. The zero-order valence-corrected chi connectivity index (χ0v) is 14.6. The number of carbonyl (C=O) groups is 1. The fourth-order valence-electron chi connectivity index (χ4n) is 2.63. The summed E-state index contributed by atoms with van der Waals surface area (Å²) in [6, 6.07) is 0. The molecule has 2 aromatic rings. The minimum Gasteiger partial charge on any atom is -0.319 e. The Labute approximate surface area is 137 Å². The molecule has 7 nitrogen and oxygen atoms in total. The quantitative estimate of drug-likeness (QED) is 0.845. The van der Waals surface area contributed by atoms with Crippen LogP contribution >= 0.6 is 0 Å². The van der Waals surface area contributed by atoms with Crippen LogP contribution in [-0.2, 0) is 13.6 Å². The summed E-state index contributed by atoms with van der Waals surface area (Å²) in [4.78, 5) is 14.8. The summed E-state index contributed by atoms with van der Waals surface area (Å²) >= 11 is 0. The van der Waals surface area contributed by atoms with E-state index < -0.39 is 0 Å². The van der Waals surface area contributed by atoms with Gasteiger partial charge in [0.15, 0.2) is 0 Å². The largest absolute Gasteiger partial charge is 0.319 e. The van der Waals surface area contributed by atoms with E-state index in [0.717, 1.165) is 37.6 Å². The highest BCUT2D eigenvalue weighted by Gasteiger charge is 2.17. The first-order valence-corrected chi connectivity index (χ1v) is 8.02. The van der Waals surface area contributed by atoms with Crippen LogP contribution in [0.4, 0.5) is 5.69 Å². The topological polar surface area (TPSA) is 68.0 Å². The summed E-state index contributed by atoms with van der Waals surface area (Å²) in [5.41, 5.74) is 2.92. The first kappa shape index (κ1) is 17.2. The van der Waals surface area contributed by atoms with Crippen molar-refractivity contribution in [3.05, 3.63) is 29.3 Å². The maximum absolute atomic E-state index is 12.4. The lowest BCUT2D eigenvalue weighted by Crippen LogP contribution is -2.27. The lowest BCUT2D eigenvalue weighted by Gasteiger charge is -2.17. The van der Waals surface area contributed by atoms with Crippen molar-refractivity contribution < 1.29 is 4.79 Å². The van der Waals surface area contributed by atoms with E-state index in [0.29, 0.717) is 11.3 Å². The monoisotopic (exact) mass is 318 g/mol. The Bertz CT molecular complexity index is 668.